The van der Waals surface area contributed by atoms with E-state index in [0.717, 1.165) is 11.3 Å². The minimum Gasteiger partial charge on any atom is -0.409 e. The minimum atomic E-state index is 0.0351. The first-order chi connectivity index (χ1) is 11.5. The van der Waals surface area contributed by atoms with Crippen molar-refractivity contribution in [2.24, 2.45) is 0 Å². The Morgan fingerprint density at radius 2 is 1.88 bits per heavy atom. The molecule has 24 heavy (non-hydrogen) atoms. The molecule has 0 aliphatic rings. The van der Waals surface area contributed by atoms with Crippen LogP contribution in [0, 0.1) is 4.84 Å². The molecular formula is C17H14ClN3O2S. The molecule has 122 valence electrons. The van der Waals surface area contributed by atoms with E-state index in [4.69, 9.17) is 28.2 Å². The van der Waals surface area contributed by atoms with Crippen LogP contribution < -0.4 is 5.32 Å². The Morgan fingerprint density at radius 3 is 2.50 bits per heavy atom. The molecule has 0 aliphatic carbocycles. The van der Waals surface area contributed by atoms with Gasteiger partial charge >= 0.3 is 0 Å². The molecule has 3 aromatic rings. The number of nitrogens with zero attached hydrogens (tertiary/aromatic N) is 2. The van der Waals surface area contributed by atoms with E-state index in [0.29, 0.717) is 23.1 Å². The lowest BCUT2D eigenvalue weighted by atomic mass is 10.1. The highest BCUT2D eigenvalue weighted by Crippen LogP contribution is 2.20. The highest BCUT2D eigenvalue weighted by atomic mass is 35.5. The molecule has 0 unspecified atom stereocenters. The van der Waals surface area contributed by atoms with Gasteiger partial charge in [-0.2, -0.15) is 0 Å². The number of ketones is 1. The number of Topliss-reactive ketones (excluding diaryl/α,β-unsaturated/α-hetero) is 1. The third kappa shape index (κ3) is 3.72. The molecule has 0 amide bonds. The van der Waals surface area contributed by atoms with Crippen molar-refractivity contribution in [1.29, 1.82) is 0 Å². The molecule has 1 heterocycles. The largest absolute Gasteiger partial charge is 0.409 e. The maximum Gasteiger partial charge on any atom is 0.289 e. The number of hydrogen-bond donors (Lipinski definition) is 1. The Kier molecular flexibility index (Phi) is 4.78. The first-order valence-corrected chi connectivity index (χ1v) is 8.00. The lowest BCUT2D eigenvalue weighted by Gasteiger charge is -2.06. The van der Waals surface area contributed by atoms with Crippen molar-refractivity contribution < 1.29 is 9.21 Å². The number of rotatable bonds is 5. The van der Waals surface area contributed by atoms with E-state index in [-0.39, 0.29) is 10.6 Å². The summed E-state index contributed by atoms with van der Waals surface area (Å²) < 4.78 is 7.07. The molecule has 1 N–H and O–H groups in total. The van der Waals surface area contributed by atoms with Crippen molar-refractivity contribution in [2.75, 3.05) is 5.32 Å². The maximum absolute atomic E-state index is 11.3. The molecule has 0 saturated carbocycles. The van der Waals surface area contributed by atoms with Crippen LogP contribution in [-0.2, 0) is 6.67 Å². The molecule has 3 rings (SSSR count). The van der Waals surface area contributed by atoms with Gasteiger partial charge in [0.05, 0.1) is 0 Å². The van der Waals surface area contributed by atoms with E-state index >= 15 is 0 Å². The molecule has 5 nitrogen and oxygen atoms in total. The van der Waals surface area contributed by atoms with Crippen molar-refractivity contribution in [3.05, 3.63) is 64.0 Å². The second kappa shape index (κ2) is 6.98. The third-order valence-electron chi connectivity index (χ3n) is 3.42. The molecule has 7 heteroatoms. The molecule has 0 saturated heterocycles. The zero-order valence-corrected chi connectivity index (χ0v) is 14.4. The van der Waals surface area contributed by atoms with Crippen molar-refractivity contribution in [3.8, 4) is 11.5 Å². The monoisotopic (exact) mass is 359 g/mol. The summed E-state index contributed by atoms with van der Waals surface area (Å²) in [6.07, 6.45) is 0. The van der Waals surface area contributed by atoms with Crippen LogP contribution in [0.3, 0.4) is 0 Å². The van der Waals surface area contributed by atoms with Crippen LogP contribution in [0.5, 0.6) is 0 Å². The van der Waals surface area contributed by atoms with Gasteiger partial charge in [-0.25, -0.2) is 4.68 Å². The van der Waals surface area contributed by atoms with Gasteiger partial charge in [-0.15, -0.1) is 5.10 Å². The second-order valence-corrected chi connectivity index (χ2v) is 5.93. The third-order valence-corrected chi connectivity index (χ3v) is 3.97. The first-order valence-electron chi connectivity index (χ1n) is 7.22. The fourth-order valence-electron chi connectivity index (χ4n) is 2.10. The van der Waals surface area contributed by atoms with Crippen molar-refractivity contribution in [2.45, 2.75) is 13.6 Å². The number of aromatic nitrogens is 2. The Hall–Kier alpha value is -2.44. The standard InChI is InChI=1S/C17H14ClN3O2S/c1-11(22)12-4-8-15(9-5-12)19-10-21-17(24)23-16(20-21)13-2-6-14(18)7-3-13/h2-9,19H,10H2,1H3. The van der Waals surface area contributed by atoms with Crippen LogP contribution in [0.2, 0.25) is 5.02 Å². The smallest absolute Gasteiger partial charge is 0.289 e. The molecule has 0 spiro atoms. The van der Waals surface area contributed by atoms with Gasteiger partial charge in [0.2, 0.25) is 5.89 Å². The van der Waals surface area contributed by atoms with Gasteiger partial charge in [0.15, 0.2) is 5.78 Å². The van der Waals surface area contributed by atoms with Crippen LogP contribution in [0.15, 0.2) is 52.9 Å². The van der Waals surface area contributed by atoms with Crippen molar-refractivity contribution >= 4 is 35.3 Å². The van der Waals surface area contributed by atoms with E-state index < -0.39 is 0 Å². The first kappa shape index (κ1) is 16.4. The van der Waals surface area contributed by atoms with Crippen LogP contribution >= 0.6 is 23.8 Å². The van der Waals surface area contributed by atoms with Crippen LogP contribution in [0.1, 0.15) is 17.3 Å². The van der Waals surface area contributed by atoms with Gasteiger partial charge < -0.3 is 9.73 Å². The Bertz CT molecular complexity index is 914. The molecule has 0 aliphatic heterocycles. The summed E-state index contributed by atoms with van der Waals surface area (Å²) in [5, 5.41) is 8.19. The lowest BCUT2D eigenvalue weighted by molar-refractivity contribution is 0.101. The molecule has 0 bridgehead atoms. The molecule has 2 aromatic carbocycles. The summed E-state index contributed by atoms with van der Waals surface area (Å²) in [6, 6.07) is 14.4. The van der Waals surface area contributed by atoms with E-state index in [2.05, 4.69) is 10.4 Å². The number of anilines is 1. The Labute approximate surface area is 148 Å². The maximum atomic E-state index is 11.3. The second-order valence-electron chi connectivity index (χ2n) is 5.15. The summed E-state index contributed by atoms with van der Waals surface area (Å²) in [4.78, 5) is 11.5. The number of carbonyl (C=O) groups is 1. The summed E-state index contributed by atoms with van der Waals surface area (Å²) >= 11 is 11.1. The number of nitrogens with one attached hydrogen (secondary N) is 1. The van der Waals surface area contributed by atoms with Gasteiger partial charge in [0, 0.05) is 21.8 Å². The zero-order chi connectivity index (χ0) is 17.1. The van der Waals surface area contributed by atoms with Gasteiger partial charge in [-0.05, 0) is 67.7 Å². The van der Waals surface area contributed by atoms with Gasteiger partial charge in [0.1, 0.15) is 6.67 Å². The average Bonchev–Trinajstić information content (AvgIpc) is 2.95. The highest BCUT2D eigenvalue weighted by Gasteiger charge is 2.08. The molecule has 0 radical (unpaired) electrons. The van der Waals surface area contributed by atoms with E-state index in [1.807, 2.05) is 24.3 Å². The Morgan fingerprint density at radius 1 is 1.21 bits per heavy atom. The predicted molar refractivity (Wildman–Crippen MR) is 95.8 cm³/mol. The number of halogens is 1. The highest BCUT2D eigenvalue weighted by molar-refractivity contribution is 7.71. The summed E-state index contributed by atoms with van der Waals surface area (Å²) in [5.74, 6) is 0.471. The number of benzene rings is 2. The Balaban J connectivity index is 1.73. The number of carbonyl (C=O) groups excluding carboxylic acids is 1. The summed E-state index contributed by atoms with van der Waals surface area (Å²) in [7, 11) is 0. The molecular weight excluding hydrogens is 346 g/mol. The zero-order valence-electron chi connectivity index (χ0n) is 12.8. The predicted octanol–water partition coefficient (Wildman–Crippen LogP) is 4.80. The van der Waals surface area contributed by atoms with E-state index in [1.54, 1.807) is 28.9 Å². The molecule has 0 fully saturated rings. The van der Waals surface area contributed by atoms with Gasteiger partial charge in [0.25, 0.3) is 4.84 Å². The quantitative estimate of drug-likeness (QED) is 0.524. The normalized spacial score (nSPS) is 10.6. The van der Waals surface area contributed by atoms with Gasteiger partial charge in [-0.1, -0.05) is 11.6 Å². The van der Waals surface area contributed by atoms with Crippen molar-refractivity contribution in [3.63, 3.8) is 0 Å². The van der Waals surface area contributed by atoms with Crippen LogP contribution in [0.25, 0.3) is 11.5 Å². The number of hydrogen-bond acceptors (Lipinski definition) is 5. The summed E-state index contributed by atoms with van der Waals surface area (Å²) in [6.45, 7) is 1.89. The fourth-order valence-corrected chi connectivity index (χ4v) is 2.41. The summed E-state index contributed by atoms with van der Waals surface area (Å²) in [5.41, 5.74) is 2.33. The van der Waals surface area contributed by atoms with E-state index in [9.17, 15) is 4.79 Å². The average molecular weight is 360 g/mol. The topological polar surface area (TPSA) is 60.1 Å². The molecule has 0 atom stereocenters. The van der Waals surface area contributed by atoms with Crippen LogP contribution in [0.4, 0.5) is 5.69 Å². The fraction of sp³-hybridized carbons (Fsp3) is 0.118. The van der Waals surface area contributed by atoms with Crippen LogP contribution in [-0.4, -0.2) is 15.6 Å². The van der Waals surface area contributed by atoms with Crippen molar-refractivity contribution in [1.82, 2.24) is 9.78 Å². The SMILES string of the molecule is CC(=O)c1ccc(NCn2nc(-c3ccc(Cl)cc3)oc2=S)cc1. The van der Waals surface area contributed by atoms with Gasteiger partial charge in [-0.3, -0.25) is 4.79 Å². The molecule has 1 aromatic heterocycles. The van der Waals surface area contributed by atoms with E-state index in [1.165, 1.54) is 6.92 Å². The lowest BCUT2D eigenvalue weighted by Crippen LogP contribution is -2.09. The minimum absolute atomic E-state index is 0.0351.